The van der Waals surface area contributed by atoms with E-state index in [1.807, 2.05) is 12.1 Å². The van der Waals surface area contributed by atoms with Crippen LogP contribution >= 0.6 is 34.2 Å². The summed E-state index contributed by atoms with van der Waals surface area (Å²) in [4.78, 5) is 11.1. The molecule has 5 heteroatoms. The molecule has 0 spiro atoms. The molecule has 0 aliphatic heterocycles. The molecule has 0 atom stereocenters. The van der Waals surface area contributed by atoms with Crippen molar-refractivity contribution in [2.24, 2.45) is 0 Å². The standard InChI is InChI=1S/C9H9ClINO2/c10-5-6-12-9(13)14-8-3-1-7(11)2-4-8/h1-4H,5-6H2,(H,12,13). The summed E-state index contributed by atoms with van der Waals surface area (Å²) >= 11 is 7.58. The normalized spacial score (nSPS) is 9.57. The van der Waals surface area contributed by atoms with Crippen LogP contribution in [0.3, 0.4) is 0 Å². The third-order valence-corrected chi connectivity index (χ3v) is 2.30. The fourth-order valence-corrected chi connectivity index (χ4v) is 1.25. The van der Waals surface area contributed by atoms with Crippen LogP contribution in [-0.4, -0.2) is 18.5 Å². The van der Waals surface area contributed by atoms with Crippen molar-refractivity contribution >= 4 is 40.3 Å². The number of nitrogens with one attached hydrogen (secondary N) is 1. The fraction of sp³-hybridized carbons (Fsp3) is 0.222. The van der Waals surface area contributed by atoms with Crippen LogP contribution in [-0.2, 0) is 0 Å². The minimum atomic E-state index is -0.480. The fourth-order valence-electron chi connectivity index (χ4n) is 0.795. The Balaban J connectivity index is 2.44. The maximum atomic E-state index is 11.1. The number of benzene rings is 1. The van der Waals surface area contributed by atoms with Gasteiger partial charge in [0.25, 0.3) is 0 Å². The SMILES string of the molecule is O=C(NCCCl)Oc1ccc(I)cc1. The average Bonchev–Trinajstić information content (AvgIpc) is 2.18. The highest BCUT2D eigenvalue weighted by Gasteiger charge is 2.01. The molecule has 76 valence electrons. The number of amides is 1. The van der Waals surface area contributed by atoms with E-state index in [0.29, 0.717) is 18.2 Å². The van der Waals surface area contributed by atoms with E-state index in [9.17, 15) is 4.79 Å². The number of hydrogen-bond donors (Lipinski definition) is 1. The molecule has 1 aromatic carbocycles. The summed E-state index contributed by atoms with van der Waals surface area (Å²) in [5, 5.41) is 2.50. The van der Waals surface area contributed by atoms with Gasteiger partial charge in [-0.05, 0) is 46.9 Å². The number of alkyl halides is 1. The van der Waals surface area contributed by atoms with Crippen LogP contribution in [0.5, 0.6) is 5.75 Å². The Kier molecular flexibility index (Phi) is 5.03. The average molecular weight is 326 g/mol. The number of ether oxygens (including phenoxy) is 1. The second kappa shape index (κ2) is 6.08. The van der Waals surface area contributed by atoms with E-state index in [1.54, 1.807) is 12.1 Å². The maximum Gasteiger partial charge on any atom is 0.412 e. The molecule has 0 fully saturated rings. The van der Waals surface area contributed by atoms with Gasteiger partial charge in [0.1, 0.15) is 5.75 Å². The van der Waals surface area contributed by atoms with Gasteiger partial charge in [0.15, 0.2) is 0 Å². The van der Waals surface area contributed by atoms with Crippen LogP contribution < -0.4 is 10.1 Å². The van der Waals surface area contributed by atoms with Gasteiger partial charge >= 0.3 is 6.09 Å². The molecular formula is C9H9ClINO2. The highest BCUT2D eigenvalue weighted by molar-refractivity contribution is 14.1. The Labute approximate surface area is 101 Å². The number of hydrogen-bond acceptors (Lipinski definition) is 2. The second-order valence-corrected chi connectivity index (χ2v) is 4.08. The first-order valence-electron chi connectivity index (χ1n) is 3.99. The number of halogens is 2. The summed E-state index contributed by atoms with van der Waals surface area (Å²) in [6.07, 6.45) is -0.480. The van der Waals surface area contributed by atoms with Crippen molar-refractivity contribution in [3.05, 3.63) is 27.8 Å². The zero-order chi connectivity index (χ0) is 10.4. The first-order chi connectivity index (χ1) is 6.72. The van der Waals surface area contributed by atoms with E-state index in [2.05, 4.69) is 27.9 Å². The van der Waals surface area contributed by atoms with Crippen molar-refractivity contribution in [3.63, 3.8) is 0 Å². The summed E-state index contributed by atoms with van der Waals surface area (Å²) in [5.74, 6) is 0.902. The van der Waals surface area contributed by atoms with Gasteiger partial charge in [0.05, 0.1) is 0 Å². The van der Waals surface area contributed by atoms with Gasteiger partial charge in [-0.15, -0.1) is 11.6 Å². The quantitative estimate of drug-likeness (QED) is 0.685. The van der Waals surface area contributed by atoms with Crippen molar-refractivity contribution in [2.75, 3.05) is 12.4 Å². The third kappa shape index (κ3) is 4.15. The molecule has 0 bridgehead atoms. The lowest BCUT2D eigenvalue weighted by atomic mass is 10.3. The highest BCUT2D eigenvalue weighted by Crippen LogP contribution is 2.13. The topological polar surface area (TPSA) is 38.3 Å². The van der Waals surface area contributed by atoms with E-state index in [4.69, 9.17) is 16.3 Å². The van der Waals surface area contributed by atoms with Crippen LogP contribution in [0.1, 0.15) is 0 Å². The Bertz CT molecular complexity index is 302. The molecule has 0 aromatic heterocycles. The molecule has 1 N–H and O–H groups in total. The third-order valence-electron chi connectivity index (χ3n) is 1.39. The summed E-state index contributed by atoms with van der Waals surface area (Å²) < 4.78 is 6.05. The molecule has 14 heavy (non-hydrogen) atoms. The van der Waals surface area contributed by atoms with Crippen molar-refractivity contribution < 1.29 is 9.53 Å². The predicted molar refractivity (Wildman–Crippen MR) is 63.9 cm³/mol. The Morgan fingerprint density at radius 1 is 1.43 bits per heavy atom. The smallest absolute Gasteiger partial charge is 0.410 e. The monoisotopic (exact) mass is 325 g/mol. The molecule has 0 radical (unpaired) electrons. The molecule has 0 aliphatic rings. The van der Waals surface area contributed by atoms with Gasteiger partial charge in [-0.3, -0.25) is 0 Å². The van der Waals surface area contributed by atoms with Crippen molar-refractivity contribution in [2.45, 2.75) is 0 Å². The molecule has 1 rings (SSSR count). The first kappa shape index (κ1) is 11.6. The van der Waals surface area contributed by atoms with Crippen molar-refractivity contribution in [1.29, 1.82) is 0 Å². The van der Waals surface area contributed by atoms with Crippen LogP contribution in [0, 0.1) is 3.57 Å². The molecule has 0 aliphatic carbocycles. The zero-order valence-corrected chi connectivity index (χ0v) is 10.2. The Morgan fingerprint density at radius 3 is 2.64 bits per heavy atom. The molecule has 0 heterocycles. The van der Waals surface area contributed by atoms with Gasteiger partial charge < -0.3 is 10.1 Å². The van der Waals surface area contributed by atoms with Crippen molar-refractivity contribution in [3.8, 4) is 5.75 Å². The number of carbonyl (C=O) groups excluding carboxylic acids is 1. The molecule has 1 aromatic rings. The Hall–Kier alpha value is -0.490. The van der Waals surface area contributed by atoms with Gasteiger partial charge in [-0.1, -0.05) is 0 Å². The van der Waals surface area contributed by atoms with Gasteiger partial charge in [0, 0.05) is 16.0 Å². The lowest BCUT2D eigenvalue weighted by molar-refractivity contribution is 0.201. The van der Waals surface area contributed by atoms with Crippen LogP contribution in [0.25, 0.3) is 0 Å². The summed E-state index contributed by atoms with van der Waals surface area (Å²) in [6.45, 7) is 0.407. The Morgan fingerprint density at radius 2 is 2.07 bits per heavy atom. The molecule has 0 unspecified atom stereocenters. The lowest BCUT2D eigenvalue weighted by Crippen LogP contribution is -2.28. The first-order valence-corrected chi connectivity index (χ1v) is 5.61. The van der Waals surface area contributed by atoms with E-state index < -0.39 is 6.09 Å². The summed E-state index contributed by atoms with van der Waals surface area (Å²) in [7, 11) is 0. The van der Waals surface area contributed by atoms with Gasteiger partial charge in [0.2, 0.25) is 0 Å². The van der Waals surface area contributed by atoms with E-state index in [0.717, 1.165) is 3.57 Å². The molecule has 0 saturated carbocycles. The summed E-state index contributed by atoms with van der Waals surface area (Å²) in [6, 6.07) is 7.21. The van der Waals surface area contributed by atoms with Crippen LogP contribution in [0.2, 0.25) is 0 Å². The van der Waals surface area contributed by atoms with Gasteiger partial charge in [-0.25, -0.2) is 4.79 Å². The number of carbonyl (C=O) groups is 1. The minimum Gasteiger partial charge on any atom is -0.410 e. The highest BCUT2D eigenvalue weighted by atomic mass is 127. The zero-order valence-electron chi connectivity index (χ0n) is 7.30. The van der Waals surface area contributed by atoms with Crippen LogP contribution in [0.15, 0.2) is 24.3 Å². The second-order valence-electron chi connectivity index (χ2n) is 2.46. The van der Waals surface area contributed by atoms with Crippen LogP contribution in [0.4, 0.5) is 4.79 Å². The minimum absolute atomic E-state index is 0.377. The molecule has 0 saturated heterocycles. The van der Waals surface area contributed by atoms with E-state index in [1.165, 1.54) is 0 Å². The van der Waals surface area contributed by atoms with E-state index in [-0.39, 0.29) is 0 Å². The summed E-state index contributed by atoms with van der Waals surface area (Å²) in [5.41, 5.74) is 0. The lowest BCUT2D eigenvalue weighted by Gasteiger charge is -2.04. The largest absolute Gasteiger partial charge is 0.412 e. The van der Waals surface area contributed by atoms with E-state index >= 15 is 0 Å². The molecule has 3 nitrogen and oxygen atoms in total. The number of rotatable bonds is 3. The molecule has 1 amide bonds. The predicted octanol–water partition coefficient (Wildman–Crippen LogP) is 2.62. The van der Waals surface area contributed by atoms with Gasteiger partial charge in [-0.2, -0.15) is 0 Å². The van der Waals surface area contributed by atoms with Crippen molar-refractivity contribution in [1.82, 2.24) is 5.32 Å². The molecular weight excluding hydrogens is 316 g/mol. The maximum absolute atomic E-state index is 11.1.